The van der Waals surface area contributed by atoms with E-state index >= 15 is 0 Å². The van der Waals surface area contributed by atoms with Crippen LogP contribution in [0.1, 0.15) is 17.2 Å². The summed E-state index contributed by atoms with van der Waals surface area (Å²) in [5, 5.41) is 7.47. The molecule has 1 heterocycles. The molecule has 1 N–H and O–H groups in total. The zero-order valence-electron chi connectivity index (χ0n) is 9.41. The van der Waals surface area contributed by atoms with Crippen molar-refractivity contribution in [3.8, 4) is 0 Å². The average Bonchev–Trinajstić information content (AvgIpc) is 2.85. The van der Waals surface area contributed by atoms with E-state index in [1.807, 2.05) is 18.5 Å². The van der Waals surface area contributed by atoms with Crippen molar-refractivity contribution < 1.29 is 4.39 Å². The Morgan fingerprint density at radius 1 is 1.41 bits per heavy atom. The molecular formula is C13H13ClFNS. The molecule has 0 fully saturated rings. The summed E-state index contributed by atoms with van der Waals surface area (Å²) in [5.74, 6) is -0.315. The lowest BCUT2D eigenvalue weighted by atomic mass is 10.0. The van der Waals surface area contributed by atoms with E-state index in [1.54, 1.807) is 29.5 Å². The van der Waals surface area contributed by atoms with Gasteiger partial charge >= 0.3 is 0 Å². The number of benzene rings is 1. The van der Waals surface area contributed by atoms with Crippen LogP contribution in [0.2, 0.25) is 5.02 Å². The van der Waals surface area contributed by atoms with Crippen molar-refractivity contribution in [3.63, 3.8) is 0 Å². The van der Waals surface area contributed by atoms with Crippen molar-refractivity contribution in [2.45, 2.75) is 12.5 Å². The van der Waals surface area contributed by atoms with Crippen molar-refractivity contribution >= 4 is 22.9 Å². The largest absolute Gasteiger partial charge is 0.313 e. The molecule has 0 amide bonds. The lowest BCUT2D eigenvalue weighted by Gasteiger charge is -2.15. The molecule has 0 bridgehead atoms. The highest BCUT2D eigenvalue weighted by Gasteiger charge is 2.14. The number of hydrogen-bond acceptors (Lipinski definition) is 2. The molecule has 1 aromatic heterocycles. The van der Waals surface area contributed by atoms with Gasteiger partial charge in [0, 0.05) is 6.04 Å². The topological polar surface area (TPSA) is 12.0 Å². The predicted molar refractivity (Wildman–Crippen MR) is 71.2 cm³/mol. The van der Waals surface area contributed by atoms with Crippen LogP contribution < -0.4 is 5.32 Å². The first-order valence-corrected chi connectivity index (χ1v) is 6.66. The van der Waals surface area contributed by atoms with Gasteiger partial charge in [-0.05, 0) is 47.5 Å². The van der Waals surface area contributed by atoms with Gasteiger partial charge in [-0.15, -0.1) is 0 Å². The minimum Gasteiger partial charge on any atom is -0.313 e. The average molecular weight is 270 g/mol. The van der Waals surface area contributed by atoms with E-state index in [0.29, 0.717) is 12.0 Å². The molecular weight excluding hydrogens is 257 g/mol. The Morgan fingerprint density at radius 3 is 2.88 bits per heavy atom. The minimum absolute atomic E-state index is 0.120. The second kappa shape index (κ2) is 5.63. The molecule has 1 atom stereocenters. The molecule has 0 aliphatic carbocycles. The van der Waals surface area contributed by atoms with Gasteiger partial charge in [-0.25, -0.2) is 4.39 Å². The molecule has 0 aliphatic rings. The summed E-state index contributed by atoms with van der Waals surface area (Å²) in [6.07, 6.45) is 0.597. The van der Waals surface area contributed by atoms with Crippen molar-refractivity contribution in [2.24, 2.45) is 0 Å². The fraction of sp³-hybridized carbons (Fsp3) is 0.231. The third kappa shape index (κ3) is 2.86. The number of nitrogens with one attached hydrogen (secondary N) is 1. The van der Waals surface area contributed by atoms with E-state index in [-0.39, 0.29) is 16.9 Å². The van der Waals surface area contributed by atoms with Gasteiger partial charge in [-0.3, -0.25) is 0 Å². The standard InChI is InChI=1S/C13H13ClFNS/c1-16-12(10-5-6-17-8-10)7-9-3-2-4-11(14)13(9)15/h2-6,8,12,16H,7H2,1H3. The van der Waals surface area contributed by atoms with Crippen LogP contribution in [0.4, 0.5) is 4.39 Å². The summed E-state index contributed by atoms with van der Waals surface area (Å²) in [6.45, 7) is 0. The summed E-state index contributed by atoms with van der Waals surface area (Å²) >= 11 is 7.41. The van der Waals surface area contributed by atoms with Gasteiger partial charge in [-0.1, -0.05) is 23.7 Å². The Kier molecular flexibility index (Phi) is 4.15. The molecule has 90 valence electrons. The molecule has 0 saturated heterocycles. The highest BCUT2D eigenvalue weighted by molar-refractivity contribution is 7.07. The van der Waals surface area contributed by atoms with Gasteiger partial charge in [0.2, 0.25) is 0 Å². The molecule has 1 nitrogen and oxygen atoms in total. The van der Waals surface area contributed by atoms with E-state index in [4.69, 9.17) is 11.6 Å². The second-order valence-electron chi connectivity index (χ2n) is 3.82. The Morgan fingerprint density at radius 2 is 2.24 bits per heavy atom. The van der Waals surface area contributed by atoms with Gasteiger partial charge in [0.05, 0.1) is 5.02 Å². The molecule has 2 rings (SSSR count). The van der Waals surface area contributed by atoms with Gasteiger partial charge in [-0.2, -0.15) is 11.3 Å². The summed E-state index contributed by atoms with van der Waals surface area (Å²) in [7, 11) is 1.88. The van der Waals surface area contributed by atoms with Gasteiger partial charge < -0.3 is 5.32 Å². The third-order valence-corrected chi connectivity index (χ3v) is 3.74. The number of halogens is 2. The van der Waals surface area contributed by atoms with Gasteiger partial charge in [0.15, 0.2) is 0 Å². The molecule has 17 heavy (non-hydrogen) atoms. The highest BCUT2D eigenvalue weighted by atomic mass is 35.5. The van der Waals surface area contributed by atoms with Crippen LogP contribution in [0, 0.1) is 5.82 Å². The van der Waals surface area contributed by atoms with Crippen molar-refractivity contribution in [2.75, 3.05) is 7.05 Å². The molecule has 0 saturated carbocycles. The molecule has 2 aromatic rings. The number of rotatable bonds is 4. The monoisotopic (exact) mass is 269 g/mol. The van der Waals surface area contributed by atoms with E-state index in [9.17, 15) is 4.39 Å². The van der Waals surface area contributed by atoms with Crippen LogP contribution >= 0.6 is 22.9 Å². The zero-order valence-corrected chi connectivity index (χ0v) is 11.0. The summed E-state index contributed by atoms with van der Waals surface area (Å²) in [4.78, 5) is 0. The Balaban J connectivity index is 2.22. The van der Waals surface area contributed by atoms with E-state index in [2.05, 4.69) is 10.7 Å². The third-order valence-electron chi connectivity index (χ3n) is 2.75. The zero-order chi connectivity index (χ0) is 12.3. The van der Waals surface area contributed by atoms with E-state index in [1.165, 1.54) is 5.56 Å². The Hall–Kier alpha value is -0.900. The molecule has 4 heteroatoms. The van der Waals surface area contributed by atoms with Crippen LogP contribution in [-0.2, 0) is 6.42 Å². The Bertz CT molecular complexity index is 484. The normalized spacial score (nSPS) is 12.6. The van der Waals surface area contributed by atoms with Crippen molar-refractivity contribution in [1.82, 2.24) is 5.32 Å². The predicted octanol–water partition coefficient (Wildman–Crippen LogP) is 4.04. The molecule has 0 aliphatic heterocycles. The summed E-state index contributed by atoms with van der Waals surface area (Å²) in [5.41, 5.74) is 1.82. The van der Waals surface area contributed by atoms with E-state index in [0.717, 1.165) is 0 Å². The maximum atomic E-state index is 13.8. The molecule has 0 spiro atoms. The maximum absolute atomic E-state index is 13.8. The molecule has 1 aromatic carbocycles. The molecule has 0 radical (unpaired) electrons. The summed E-state index contributed by atoms with van der Waals surface area (Å²) < 4.78 is 13.8. The van der Waals surface area contributed by atoms with Crippen LogP contribution in [-0.4, -0.2) is 7.05 Å². The van der Waals surface area contributed by atoms with Gasteiger partial charge in [0.25, 0.3) is 0 Å². The lowest BCUT2D eigenvalue weighted by Crippen LogP contribution is -2.18. The number of hydrogen-bond donors (Lipinski definition) is 1. The SMILES string of the molecule is CNC(Cc1cccc(Cl)c1F)c1ccsc1. The first kappa shape index (κ1) is 12.6. The second-order valence-corrected chi connectivity index (χ2v) is 5.00. The fourth-order valence-corrected chi connectivity index (χ4v) is 2.69. The van der Waals surface area contributed by atoms with Crippen LogP contribution in [0.25, 0.3) is 0 Å². The first-order valence-electron chi connectivity index (χ1n) is 5.34. The first-order chi connectivity index (χ1) is 8.22. The number of thiophene rings is 1. The highest BCUT2D eigenvalue weighted by Crippen LogP contribution is 2.24. The molecule has 1 unspecified atom stereocenters. The van der Waals surface area contributed by atoms with Crippen LogP contribution in [0.3, 0.4) is 0 Å². The quantitative estimate of drug-likeness (QED) is 0.883. The van der Waals surface area contributed by atoms with Crippen molar-refractivity contribution in [1.29, 1.82) is 0 Å². The lowest BCUT2D eigenvalue weighted by molar-refractivity contribution is 0.555. The van der Waals surface area contributed by atoms with Gasteiger partial charge in [0.1, 0.15) is 5.82 Å². The maximum Gasteiger partial charge on any atom is 0.145 e. The fourth-order valence-electron chi connectivity index (χ4n) is 1.79. The van der Waals surface area contributed by atoms with Crippen molar-refractivity contribution in [3.05, 3.63) is 57.0 Å². The Labute approximate surface area is 109 Å². The van der Waals surface area contributed by atoms with Crippen LogP contribution in [0.15, 0.2) is 35.0 Å². The minimum atomic E-state index is -0.315. The van der Waals surface area contributed by atoms with Crippen LogP contribution in [0.5, 0.6) is 0 Å². The number of likely N-dealkylation sites (N-methyl/N-ethyl adjacent to an activating group) is 1. The summed E-state index contributed by atoms with van der Waals surface area (Å²) in [6, 6.07) is 7.29. The smallest absolute Gasteiger partial charge is 0.145 e. The van der Waals surface area contributed by atoms with E-state index < -0.39 is 0 Å².